The van der Waals surface area contributed by atoms with Crippen molar-refractivity contribution in [2.75, 3.05) is 0 Å². The fourth-order valence-corrected chi connectivity index (χ4v) is 2.80. The second-order valence-corrected chi connectivity index (χ2v) is 5.04. The van der Waals surface area contributed by atoms with Gasteiger partial charge in [-0.3, -0.25) is 4.98 Å². The molecule has 1 N–H and O–H groups in total. The van der Waals surface area contributed by atoms with E-state index in [9.17, 15) is 4.39 Å². The number of aromatic nitrogens is 1. The third-order valence-corrected chi connectivity index (χ3v) is 3.80. The predicted molar refractivity (Wildman–Crippen MR) is 73.2 cm³/mol. The molecular formula is C16H17FN2. The van der Waals surface area contributed by atoms with Crippen molar-refractivity contribution in [3.05, 3.63) is 65.2 Å². The number of rotatable bonds is 3. The molecule has 0 bridgehead atoms. The van der Waals surface area contributed by atoms with E-state index in [2.05, 4.69) is 17.2 Å². The zero-order valence-electron chi connectivity index (χ0n) is 10.9. The van der Waals surface area contributed by atoms with Gasteiger partial charge >= 0.3 is 0 Å². The van der Waals surface area contributed by atoms with Crippen molar-refractivity contribution in [3.8, 4) is 0 Å². The number of hydrogen-bond donors (Lipinski definition) is 1. The smallest absolute Gasteiger partial charge is 0.126 e. The Morgan fingerprint density at radius 3 is 2.95 bits per heavy atom. The Bertz CT molecular complexity index is 568. The van der Waals surface area contributed by atoms with Crippen LogP contribution < -0.4 is 5.32 Å². The highest BCUT2D eigenvalue weighted by Crippen LogP contribution is 2.34. The number of halogens is 1. The summed E-state index contributed by atoms with van der Waals surface area (Å²) >= 11 is 0. The van der Waals surface area contributed by atoms with Crippen LogP contribution in [0.15, 0.2) is 42.6 Å². The first-order valence-corrected chi connectivity index (χ1v) is 6.70. The van der Waals surface area contributed by atoms with Gasteiger partial charge in [0.15, 0.2) is 0 Å². The lowest BCUT2D eigenvalue weighted by Gasteiger charge is -2.20. The van der Waals surface area contributed by atoms with Crippen molar-refractivity contribution in [1.82, 2.24) is 10.3 Å². The fraction of sp³-hybridized carbons (Fsp3) is 0.312. The van der Waals surface area contributed by atoms with Gasteiger partial charge in [0.2, 0.25) is 0 Å². The van der Waals surface area contributed by atoms with E-state index < -0.39 is 0 Å². The van der Waals surface area contributed by atoms with Crippen LogP contribution in [0.5, 0.6) is 0 Å². The van der Waals surface area contributed by atoms with E-state index in [1.165, 1.54) is 0 Å². The maximum Gasteiger partial charge on any atom is 0.126 e. The molecule has 0 radical (unpaired) electrons. The van der Waals surface area contributed by atoms with E-state index in [0.29, 0.717) is 0 Å². The number of benzene rings is 1. The zero-order valence-corrected chi connectivity index (χ0v) is 10.9. The Kier molecular flexibility index (Phi) is 3.30. The molecule has 0 saturated heterocycles. The van der Waals surface area contributed by atoms with Gasteiger partial charge in [0, 0.05) is 18.3 Å². The molecule has 1 heterocycles. The van der Waals surface area contributed by atoms with Crippen LogP contribution in [-0.4, -0.2) is 4.98 Å². The Morgan fingerprint density at radius 2 is 2.16 bits per heavy atom. The summed E-state index contributed by atoms with van der Waals surface area (Å²) in [5.74, 6) is -0.0766. The van der Waals surface area contributed by atoms with Crippen LogP contribution >= 0.6 is 0 Å². The summed E-state index contributed by atoms with van der Waals surface area (Å²) in [6.45, 7) is 2.10. The molecule has 19 heavy (non-hydrogen) atoms. The molecule has 3 heteroatoms. The fourth-order valence-electron chi connectivity index (χ4n) is 2.80. The molecule has 1 unspecified atom stereocenters. The second kappa shape index (κ2) is 5.10. The molecule has 98 valence electrons. The van der Waals surface area contributed by atoms with Gasteiger partial charge < -0.3 is 5.32 Å². The lowest BCUT2D eigenvalue weighted by atomic mass is 10.1. The average molecular weight is 256 g/mol. The summed E-state index contributed by atoms with van der Waals surface area (Å²) < 4.78 is 13.7. The molecule has 2 atom stereocenters. The second-order valence-electron chi connectivity index (χ2n) is 5.04. The zero-order chi connectivity index (χ0) is 13.2. The monoisotopic (exact) mass is 256 g/mol. The van der Waals surface area contributed by atoms with Gasteiger partial charge in [-0.2, -0.15) is 0 Å². The molecule has 1 aliphatic carbocycles. The molecule has 0 spiro atoms. The SMILES string of the molecule is C[C@@H](NC1CCc2c(F)cccc21)c1ccccn1. The molecule has 1 aliphatic rings. The Balaban J connectivity index is 1.78. The quantitative estimate of drug-likeness (QED) is 0.908. The summed E-state index contributed by atoms with van der Waals surface area (Å²) in [5, 5.41) is 3.55. The van der Waals surface area contributed by atoms with E-state index >= 15 is 0 Å². The number of hydrogen-bond acceptors (Lipinski definition) is 2. The Labute approximate surface area is 112 Å². The molecule has 0 aliphatic heterocycles. The van der Waals surface area contributed by atoms with Crippen LogP contribution in [0, 0.1) is 5.82 Å². The maximum absolute atomic E-state index is 13.7. The van der Waals surface area contributed by atoms with Crippen LogP contribution in [0.4, 0.5) is 4.39 Å². The Hall–Kier alpha value is -1.74. The first-order valence-electron chi connectivity index (χ1n) is 6.70. The average Bonchev–Trinajstić information content (AvgIpc) is 2.84. The Morgan fingerprint density at radius 1 is 1.26 bits per heavy atom. The van der Waals surface area contributed by atoms with Crippen molar-refractivity contribution in [2.45, 2.75) is 31.8 Å². The lowest BCUT2D eigenvalue weighted by Crippen LogP contribution is -2.23. The van der Waals surface area contributed by atoms with Crippen LogP contribution in [-0.2, 0) is 6.42 Å². The summed E-state index contributed by atoms with van der Waals surface area (Å²) in [5.41, 5.74) is 2.99. The molecule has 1 aromatic carbocycles. The number of pyridine rings is 1. The highest BCUT2D eigenvalue weighted by atomic mass is 19.1. The molecule has 0 fully saturated rings. The molecule has 1 aromatic heterocycles. The van der Waals surface area contributed by atoms with E-state index in [-0.39, 0.29) is 17.9 Å². The molecule has 3 rings (SSSR count). The first kappa shape index (κ1) is 12.3. The molecule has 2 nitrogen and oxygen atoms in total. The normalized spacial score (nSPS) is 19.2. The predicted octanol–water partition coefficient (Wildman–Crippen LogP) is 3.56. The molecule has 0 saturated carbocycles. The van der Waals surface area contributed by atoms with Crippen LogP contribution in [0.3, 0.4) is 0 Å². The standard InChI is InChI=1S/C16H17FN2/c1-11(15-7-2-3-10-18-15)19-16-9-8-12-13(16)5-4-6-14(12)17/h2-7,10-11,16,19H,8-9H2,1H3/t11-,16?/m1/s1. The summed E-state index contributed by atoms with van der Waals surface area (Å²) in [6.07, 6.45) is 3.57. The van der Waals surface area contributed by atoms with E-state index in [0.717, 1.165) is 29.7 Å². The first-order chi connectivity index (χ1) is 9.25. The largest absolute Gasteiger partial charge is 0.302 e. The van der Waals surface area contributed by atoms with Crippen LogP contribution in [0.1, 0.15) is 42.2 Å². The lowest BCUT2D eigenvalue weighted by molar-refractivity contribution is 0.458. The van der Waals surface area contributed by atoms with Gasteiger partial charge in [0.05, 0.1) is 5.69 Å². The maximum atomic E-state index is 13.7. The van der Waals surface area contributed by atoms with Crippen molar-refractivity contribution in [1.29, 1.82) is 0 Å². The van der Waals surface area contributed by atoms with E-state index in [4.69, 9.17) is 0 Å². The summed E-state index contributed by atoms with van der Waals surface area (Å²) in [6, 6.07) is 11.7. The van der Waals surface area contributed by atoms with Gasteiger partial charge in [-0.25, -0.2) is 4.39 Å². The van der Waals surface area contributed by atoms with Gasteiger partial charge in [0.1, 0.15) is 5.82 Å². The third kappa shape index (κ3) is 2.38. The van der Waals surface area contributed by atoms with E-state index in [1.807, 2.05) is 24.3 Å². The van der Waals surface area contributed by atoms with Crippen molar-refractivity contribution >= 4 is 0 Å². The highest BCUT2D eigenvalue weighted by Gasteiger charge is 2.26. The summed E-state index contributed by atoms with van der Waals surface area (Å²) in [4.78, 5) is 4.36. The van der Waals surface area contributed by atoms with Crippen LogP contribution in [0.2, 0.25) is 0 Å². The minimum Gasteiger partial charge on any atom is -0.302 e. The highest BCUT2D eigenvalue weighted by molar-refractivity contribution is 5.35. The van der Waals surface area contributed by atoms with Crippen LogP contribution in [0.25, 0.3) is 0 Å². The van der Waals surface area contributed by atoms with Gasteiger partial charge in [-0.15, -0.1) is 0 Å². The van der Waals surface area contributed by atoms with Gasteiger partial charge in [0.25, 0.3) is 0 Å². The van der Waals surface area contributed by atoms with Crippen molar-refractivity contribution in [2.24, 2.45) is 0 Å². The van der Waals surface area contributed by atoms with Gasteiger partial charge in [-0.1, -0.05) is 18.2 Å². The third-order valence-electron chi connectivity index (χ3n) is 3.80. The molecule has 0 amide bonds. The van der Waals surface area contributed by atoms with E-state index in [1.54, 1.807) is 18.3 Å². The number of nitrogens with one attached hydrogen (secondary N) is 1. The summed E-state index contributed by atoms with van der Waals surface area (Å²) in [7, 11) is 0. The minimum atomic E-state index is -0.0766. The minimum absolute atomic E-state index is 0.0766. The van der Waals surface area contributed by atoms with Gasteiger partial charge in [-0.05, 0) is 49.1 Å². The van der Waals surface area contributed by atoms with Crippen molar-refractivity contribution < 1.29 is 4.39 Å². The number of fused-ring (bicyclic) bond motifs is 1. The van der Waals surface area contributed by atoms with Crippen molar-refractivity contribution in [3.63, 3.8) is 0 Å². The molecular weight excluding hydrogens is 239 g/mol. The molecule has 2 aromatic rings. The topological polar surface area (TPSA) is 24.9 Å². The number of nitrogens with zero attached hydrogens (tertiary/aromatic N) is 1.